The van der Waals surface area contributed by atoms with Crippen molar-refractivity contribution >= 4 is 23.0 Å². The molecule has 8 rings (SSSR count). The van der Waals surface area contributed by atoms with E-state index in [0.29, 0.717) is 0 Å². The fraction of sp³-hybridized carbons (Fsp3) is 0.0500. The molecule has 2 aliphatic heterocycles. The summed E-state index contributed by atoms with van der Waals surface area (Å²) in [6.45, 7) is 2.13. The molecule has 1 atom stereocenters. The molecule has 0 aliphatic carbocycles. The van der Waals surface area contributed by atoms with Crippen LogP contribution in [-0.2, 0) is 25.6 Å². The third kappa shape index (κ3) is 5.88. The van der Waals surface area contributed by atoms with Crippen molar-refractivity contribution in [2.24, 2.45) is 0 Å². The molecule has 2 aliphatic rings. The fourth-order valence-corrected chi connectivity index (χ4v) is 6.14. The molecule has 8 heteroatoms. The average molecular weight is 805 g/mol. The summed E-state index contributed by atoms with van der Waals surface area (Å²) >= 11 is 0. The van der Waals surface area contributed by atoms with Gasteiger partial charge >= 0.3 is 26.1 Å². The van der Waals surface area contributed by atoms with Gasteiger partial charge in [0.25, 0.3) is 0 Å². The minimum Gasteiger partial charge on any atom is -0.511 e. The largest absolute Gasteiger partial charge is 3.00 e. The number of benzene rings is 4. The van der Waals surface area contributed by atoms with Crippen LogP contribution in [0.15, 0.2) is 152 Å². The monoisotopic (exact) mass is 805 g/mol. The Balaban J connectivity index is 0.000000351. The van der Waals surface area contributed by atoms with Crippen LogP contribution in [0, 0.1) is 18.8 Å². The standard InChI is InChI=1S/C34H25N4.C6H5NO2.Ir/c1-36-23-24-37(25-36)34(33-22-12-19-30(35-33)26-13-4-2-5-14-26)28-17-8-10-20-31(28)38(27-15-6-3-7-16-27)32-21-11-9-18-29(32)34;8-6(9)5-3-1-2-4-7-5;/h2-13,15-17,19-25H,1H3;1-4H,(H,8,9);/q-3;;+3/t34-;;/m1../s1. The summed E-state index contributed by atoms with van der Waals surface area (Å²) in [5.74, 6) is -0.990. The van der Waals surface area contributed by atoms with E-state index in [0.717, 1.165) is 45.1 Å². The van der Waals surface area contributed by atoms with Crippen molar-refractivity contribution in [2.45, 2.75) is 5.54 Å². The van der Waals surface area contributed by atoms with Gasteiger partial charge in [-0.1, -0.05) is 60.3 Å². The number of nitrogens with zero attached hydrogens (tertiary/aromatic N) is 5. The van der Waals surface area contributed by atoms with E-state index >= 15 is 0 Å². The van der Waals surface area contributed by atoms with Gasteiger partial charge in [-0.2, -0.15) is 24.9 Å². The van der Waals surface area contributed by atoms with E-state index in [2.05, 4.69) is 142 Å². The van der Waals surface area contributed by atoms with E-state index in [1.807, 2.05) is 31.3 Å². The quantitative estimate of drug-likeness (QED) is 0.177. The van der Waals surface area contributed by atoms with Crippen molar-refractivity contribution in [2.75, 3.05) is 11.9 Å². The Labute approximate surface area is 293 Å². The van der Waals surface area contributed by atoms with Crippen LogP contribution in [0.5, 0.6) is 0 Å². The molecule has 0 bridgehead atoms. The van der Waals surface area contributed by atoms with Crippen molar-refractivity contribution in [3.05, 3.63) is 193 Å². The minimum absolute atomic E-state index is 0. The summed E-state index contributed by atoms with van der Waals surface area (Å²) in [4.78, 5) is 25.7. The van der Waals surface area contributed by atoms with Gasteiger partial charge in [0.2, 0.25) is 0 Å². The van der Waals surface area contributed by atoms with Crippen LogP contribution in [0.25, 0.3) is 11.3 Å². The minimum atomic E-state index is -0.990. The predicted octanol–water partition coefficient (Wildman–Crippen LogP) is 8.04. The van der Waals surface area contributed by atoms with E-state index in [4.69, 9.17) is 10.1 Å². The van der Waals surface area contributed by atoms with Crippen molar-refractivity contribution < 1.29 is 30.0 Å². The van der Waals surface area contributed by atoms with E-state index in [1.54, 1.807) is 12.1 Å². The van der Waals surface area contributed by atoms with E-state index in [-0.39, 0.29) is 25.8 Å². The van der Waals surface area contributed by atoms with Crippen LogP contribution in [0.2, 0.25) is 0 Å². The van der Waals surface area contributed by atoms with Gasteiger partial charge in [-0.3, -0.25) is 4.98 Å². The molecular weight excluding hydrogens is 775 g/mol. The Kier molecular flexibility index (Phi) is 9.48. The second kappa shape index (κ2) is 14.1. The number of pyridine rings is 2. The van der Waals surface area contributed by atoms with Crippen LogP contribution in [0.1, 0.15) is 27.3 Å². The van der Waals surface area contributed by atoms with E-state index < -0.39 is 11.5 Å². The van der Waals surface area contributed by atoms with Gasteiger partial charge in [0, 0.05) is 23.1 Å². The van der Waals surface area contributed by atoms with Crippen LogP contribution < -0.4 is 4.90 Å². The number of fused-ring (bicyclic) bond motifs is 2. The van der Waals surface area contributed by atoms with Crippen molar-refractivity contribution in [1.29, 1.82) is 0 Å². The van der Waals surface area contributed by atoms with Gasteiger partial charge in [0.15, 0.2) is 0 Å². The van der Waals surface area contributed by atoms with Gasteiger partial charge in [-0.05, 0) is 61.5 Å². The molecule has 2 aromatic heterocycles. The molecule has 0 unspecified atom stereocenters. The number of para-hydroxylation sites is 2. The number of anilines is 3. The number of aromatic nitrogens is 2. The molecule has 0 spiro atoms. The number of hydrogen-bond acceptors (Lipinski definition) is 6. The fourth-order valence-electron chi connectivity index (χ4n) is 6.14. The summed E-state index contributed by atoms with van der Waals surface area (Å²) in [6, 6.07) is 51.5. The first kappa shape index (κ1) is 32.4. The smallest absolute Gasteiger partial charge is 0.511 e. The van der Waals surface area contributed by atoms with E-state index in [9.17, 15) is 4.79 Å². The molecule has 1 N–H and O–H groups in total. The topological polar surface area (TPSA) is 72.8 Å². The van der Waals surface area contributed by atoms with Gasteiger partial charge in [-0.25, -0.2) is 9.78 Å². The molecular formula is C40H30IrN5O2. The second-order valence-corrected chi connectivity index (χ2v) is 11.0. The maximum absolute atomic E-state index is 10.1. The third-order valence-corrected chi connectivity index (χ3v) is 8.13. The van der Waals surface area contributed by atoms with Crippen LogP contribution in [-0.4, -0.2) is 37.9 Å². The maximum atomic E-state index is 10.1. The molecule has 0 saturated carbocycles. The number of carboxylic acid groups (broad SMARTS) is 1. The molecule has 0 saturated heterocycles. The van der Waals surface area contributed by atoms with Gasteiger partial charge in [-0.15, -0.1) is 47.5 Å². The summed E-state index contributed by atoms with van der Waals surface area (Å²) in [5.41, 5.74) is 7.59. The van der Waals surface area contributed by atoms with Crippen LogP contribution in [0.4, 0.5) is 17.1 Å². The third-order valence-electron chi connectivity index (χ3n) is 8.13. The summed E-state index contributed by atoms with van der Waals surface area (Å²) in [5, 5.41) is 8.32. The Morgan fingerprint density at radius 2 is 1.52 bits per heavy atom. The average Bonchev–Trinajstić information content (AvgIpc) is 3.58. The Bertz CT molecular complexity index is 1990. The predicted molar refractivity (Wildman–Crippen MR) is 183 cm³/mol. The van der Waals surface area contributed by atoms with Crippen molar-refractivity contribution in [3.8, 4) is 11.3 Å². The zero-order valence-electron chi connectivity index (χ0n) is 25.9. The number of rotatable bonds is 5. The molecule has 6 aromatic rings. The number of carboxylic acids is 1. The van der Waals surface area contributed by atoms with E-state index in [1.165, 1.54) is 12.3 Å². The molecule has 4 aromatic carbocycles. The molecule has 48 heavy (non-hydrogen) atoms. The SMILES string of the molecule is CN1C=CN([C@@]2(c3cccc(-c4[c-]cccc4)n3)c3[c-]cccc3N(c3ccccc3)c3ccccc32)[CH-]1.O=C(O)c1ccccn1.[Ir+3]. The van der Waals surface area contributed by atoms with Crippen LogP contribution in [0.3, 0.4) is 0 Å². The van der Waals surface area contributed by atoms with Crippen molar-refractivity contribution in [1.82, 2.24) is 19.8 Å². The number of hydrogen-bond donors (Lipinski definition) is 1. The number of aromatic carboxylic acids is 1. The molecule has 0 amide bonds. The molecule has 0 radical (unpaired) electrons. The van der Waals surface area contributed by atoms with Crippen LogP contribution >= 0.6 is 0 Å². The molecule has 4 heterocycles. The zero-order valence-corrected chi connectivity index (χ0v) is 28.3. The number of carbonyl (C=O) groups is 1. The molecule has 0 fully saturated rings. The summed E-state index contributed by atoms with van der Waals surface area (Å²) < 4.78 is 0. The maximum Gasteiger partial charge on any atom is 3.00 e. The second-order valence-electron chi connectivity index (χ2n) is 11.0. The zero-order chi connectivity index (χ0) is 32.2. The summed E-state index contributed by atoms with van der Waals surface area (Å²) in [6.07, 6.45) is 5.65. The van der Waals surface area contributed by atoms with Gasteiger partial charge < -0.3 is 19.8 Å². The normalized spacial score (nSPS) is 15.8. The van der Waals surface area contributed by atoms with Crippen molar-refractivity contribution in [3.63, 3.8) is 0 Å². The first-order valence-corrected chi connectivity index (χ1v) is 15.2. The Hall–Kier alpha value is -5.56. The molecule has 236 valence electrons. The van der Waals surface area contributed by atoms with Gasteiger partial charge in [0.1, 0.15) is 5.69 Å². The summed E-state index contributed by atoms with van der Waals surface area (Å²) in [7, 11) is 2.05. The Morgan fingerprint density at radius 1 is 0.771 bits per heavy atom. The van der Waals surface area contributed by atoms with Gasteiger partial charge in [0.05, 0.1) is 11.2 Å². The first-order chi connectivity index (χ1) is 23.1. The Morgan fingerprint density at radius 3 is 2.23 bits per heavy atom. The molecule has 7 nitrogen and oxygen atoms in total. The first-order valence-electron chi connectivity index (χ1n) is 15.2.